The smallest absolute Gasteiger partial charge is 0.243 e. The van der Waals surface area contributed by atoms with Gasteiger partial charge in [-0.15, -0.1) is 0 Å². The first-order chi connectivity index (χ1) is 15.3. The molecule has 2 N–H and O–H groups in total. The summed E-state index contributed by atoms with van der Waals surface area (Å²) in [6.45, 7) is 1.17. The fourth-order valence-electron chi connectivity index (χ4n) is 6.93. The number of sulfonamides is 1. The molecule has 4 bridgehead atoms. The Morgan fingerprint density at radius 1 is 0.906 bits per heavy atom. The first kappa shape index (κ1) is 22.3. The van der Waals surface area contributed by atoms with E-state index in [4.69, 9.17) is 12.2 Å². The molecule has 0 radical (unpaired) electrons. The minimum Gasteiger partial charge on any atom is -0.332 e. The van der Waals surface area contributed by atoms with E-state index in [1.165, 1.54) is 19.3 Å². The summed E-state index contributed by atoms with van der Waals surface area (Å²) < 4.78 is 27.5. The van der Waals surface area contributed by atoms with Gasteiger partial charge in [0.25, 0.3) is 0 Å². The van der Waals surface area contributed by atoms with E-state index in [2.05, 4.69) is 10.6 Å². The summed E-state index contributed by atoms with van der Waals surface area (Å²) in [5.74, 6) is 2.17. The van der Waals surface area contributed by atoms with E-state index in [1.807, 2.05) is 0 Å². The molecule has 1 aromatic carbocycles. The second-order valence-corrected chi connectivity index (χ2v) is 12.8. The van der Waals surface area contributed by atoms with Crippen molar-refractivity contribution in [2.24, 2.45) is 23.2 Å². The topological polar surface area (TPSA) is 78.5 Å². The molecule has 1 aliphatic heterocycles. The summed E-state index contributed by atoms with van der Waals surface area (Å²) in [5.41, 5.74) is 0.432. The average molecular weight is 476 g/mol. The quantitative estimate of drug-likeness (QED) is 0.636. The van der Waals surface area contributed by atoms with Crippen molar-refractivity contribution in [2.45, 2.75) is 69.1 Å². The number of carbonyl (C=O) groups is 1. The van der Waals surface area contributed by atoms with Crippen LogP contribution in [0.4, 0.5) is 5.69 Å². The van der Waals surface area contributed by atoms with Crippen LogP contribution in [0.15, 0.2) is 29.2 Å². The van der Waals surface area contributed by atoms with E-state index < -0.39 is 10.0 Å². The molecule has 174 valence electrons. The van der Waals surface area contributed by atoms with Crippen LogP contribution < -0.4 is 10.6 Å². The zero-order valence-electron chi connectivity index (χ0n) is 18.5. The summed E-state index contributed by atoms with van der Waals surface area (Å²) in [6.07, 6.45) is 10.9. The lowest BCUT2D eigenvalue weighted by molar-refractivity contribution is -0.144. The molecule has 5 fully saturated rings. The van der Waals surface area contributed by atoms with Gasteiger partial charge in [0.15, 0.2) is 5.11 Å². The van der Waals surface area contributed by atoms with Crippen molar-refractivity contribution in [2.75, 3.05) is 18.4 Å². The first-order valence-corrected chi connectivity index (χ1v) is 13.9. The number of carbonyl (C=O) groups excluding carboxylic acids is 1. The molecule has 4 saturated carbocycles. The first-order valence-electron chi connectivity index (χ1n) is 12.1. The number of hydrogen-bond donors (Lipinski definition) is 2. The van der Waals surface area contributed by atoms with E-state index in [9.17, 15) is 13.2 Å². The largest absolute Gasteiger partial charge is 0.332 e. The maximum atomic E-state index is 13.2. The standard InChI is InChI=1S/C24H33N3O3S2/c28-22(24-14-17-11-18(15-24)13-19(12-17)16-24)26-23(31)25-20-5-7-21(8-6-20)32(29,30)27-9-3-1-2-4-10-27/h5-8,17-19H,1-4,9-16H2,(H2,25,26,28,31). The van der Waals surface area contributed by atoms with Crippen LogP contribution in [-0.4, -0.2) is 36.8 Å². The molecule has 0 atom stereocenters. The van der Waals surface area contributed by atoms with E-state index in [0.717, 1.165) is 44.9 Å². The molecule has 1 amide bonds. The van der Waals surface area contributed by atoms with Crippen LogP contribution in [-0.2, 0) is 14.8 Å². The molecule has 1 heterocycles. The van der Waals surface area contributed by atoms with Crippen molar-refractivity contribution in [3.8, 4) is 0 Å². The number of rotatable bonds is 4. The molecule has 32 heavy (non-hydrogen) atoms. The van der Waals surface area contributed by atoms with Gasteiger partial charge in [0.2, 0.25) is 15.9 Å². The lowest BCUT2D eigenvalue weighted by Crippen LogP contribution is -2.55. The number of nitrogens with one attached hydrogen (secondary N) is 2. The number of anilines is 1. The van der Waals surface area contributed by atoms with E-state index in [1.54, 1.807) is 28.6 Å². The van der Waals surface area contributed by atoms with E-state index >= 15 is 0 Å². The molecule has 1 aromatic rings. The molecule has 6 rings (SSSR count). The highest BCUT2D eigenvalue weighted by molar-refractivity contribution is 7.89. The normalized spacial score (nSPS) is 32.3. The van der Waals surface area contributed by atoms with Gasteiger partial charge in [-0.05, 0) is 106 Å². The fourth-order valence-corrected chi connectivity index (χ4v) is 8.66. The lowest BCUT2D eigenvalue weighted by Gasteiger charge is -2.55. The van der Waals surface area contributed by atoms with Gasteiger partial charge in [-0.3, -0.25) is 4.79 Å². The monoisotopic (exact) mass is 475 g/mol. The molecule has 6 nitrogen and oxygen atoms in total. The van der Waals surface area contributed by atoms with Gasteiger partial charge in [0.05, 0.1) is 10.3 Å². The van der Waals surface area contributed by atoms with Gasteiger partial charge in [-0.25, -0.2) is 8.42 Å². The number of thiocarbonyl (C=S) groups is 1. The maximum absolute atomic E-state index is 13.2. The Bertz CT molecular complexity index is 947. The van der Waals surface area contributed by atoms with Crippen LogP contribution in [0.2, 0.25) is 0 Å². The van der Waals surface area contributed by atoms with Crippen molar-refractivity contribution in [3.63, 3.8) is 0 Å². The third-order valence-electron chi connectivity index (χ3n) is 8.06. The van der Waals surface area contributed by atoms with Crippen LogP contribution in [0, 0.1) is 23.2 Å². The molecule has 5 aliphatic rings. The van der Waals surface area contributed by atoms with Crippen molar-refractivity contribution < 1.29 is 13.2 Å². The number of amides is 1. The number of nitrogens with zero attached hydrogens (tertiary/aromatic N) is 1. The van der Waals surface area contributed by atoms with Gasteiger partial charge in [0.1, 0.15) is 0 Å². The molecule has 8 heteroatoms. The van der Waals surface area contributed by atoms with Crippen LogP contribution >= 0.6 is 12.2 Å². The third-order valence-corrected chi connectivity index (χ3v) is 10.2. The Hall–Kier alpha value is -1.51. The predicted molar refractivity (Wildman–Crippen MR) is 129 cm³/mol. The summed E-state index contributed by atoms with van der Waals surface area (Å²) >= 11 is 5.42. The molecular weight excluding hydrogens is 442 g/mol. The summed E-state index contributed by atoms with van der Waals surface area (Å²) in [6, 6.07) is 6.67. The van der Waals surface area contributed by atoms with Gasteiger partial charge in [-0.1, -0.05) is 12.8 Å². The molecular formula is C24H33N3O3S2. The minimum atomic E-state index is -3.47. The Morgan fingerprint density at radius 3 is 1.97 bits per heavy atom. The van der Waals surface area contributed by atoms with Crippen molar-refractivity contribution in [1.82, 2.24) is 9.62 Å². The molecule has 1 saturated heterocycles. The van der Waals surface area contributed by atoms with Gasteiger partial charge in [0, 0.05) is 18.8 Å². The maximum Gasteiger partial charge on any atom is 0.243 e. The van der Waals surface area contributed by atoms with Crippen LogP contribution in [0.1, 0.15) is 64.2 Å². The van der Waals surface area contributed by atoms with Crippen molar-refractivity contribution in [1.29, 1.82) is 0 Å². The van der Waals surface area contributed by atoms with E-state index in [-0.39, 0.29) is 16.4 Å². The highest BCUT2D eigenvalue weighted by Gasteiger charge is 2.54. The molecule has 4 aliphatic carbocycles. The Kier molecular flexibility index (Phi) is 6.05. The summed E-state index contributed by atoms with van der Waals surface area (Å²) in [7, 11) is -3.47. The average Bonchev–Trinajstić information content (AvgIpc) is 3.03. The zero-order chi connectivity index (χ0) is 22.3. The number of hydrogen-bond acceptors (Lipinski definition) is 4. The predicted octanol–water partition coefficient (Wildman–Crippen LogP) is 4.28. The highest BCUT2D eigenvalue weighted by Crippen LogP contribution is 2.60. The minimum absolute atomic E-state index is 0.0643. The molecule has 0 aromatic heterocycles. The lowest BCUT2D eigenvalue weighted by atomic mass is 9.49. The third kappa shape index (κ3) is 4.33. The van der Waals surface area contributed by atoms with Crippen LogP contribution in [0.3, 0.4) is 0 Å². The second-order valence-electron chi connectivity index (χ2n) is 10.4. The highest BCUT2D eigenvalue weighted by atomic mass is 32.2. The summed E-state index contributed by atoms with van der Waals surface area (Å²) in [4.78, 5) is 13.5. The second kappa shape index (κ2) is 8.69. The van der Waals surface area contributed by atoms with Gasteiger partial charge >= 0.3 is 0 Å². The molecule has 0 spiro atoms. The van der Waals surface area contributed by atoms with Gasteiger partial charge in [-0.2, -0.15) is 4.31 Å². The Labute approximate surface area is 196 Å². The van der Waals surface area contributed by atoms with Crippen molar-refractivity contribution >= 4 is 38.9 Å². The van der Waals surface area contributed by atoms with Crippen molar-refractivity contribution in [3.05, 3.63) is 24.3 Å². The Balaban J connectivity index is 1.20. The zero-order valence-corrected chi connectivity index (χ0v) is 20.1. The SMILES string of the molecule is O=C(NC(=S)Nc1ccc(S(=O)(=O)N2CCCCCC2)cc1)C12CC3CC(CC(C3)C1)C2. The van der Waals surface area contributed by atoms with E-state index in [0.29, 0.717) is 41.4 Å². The van der Waals surface area contributed by atoms with Crippen LogP contribution in [0.25, 0.3) is 0 Å². The van der Waals surface area contributed by atoms with Crippen LogP contribution in [0.5, 0.6) is 0 Å². The fraction of sp³-hybridized carbons (Fsp3) is 0.667. The van der Waals surface area contributed by atoms with Gasteiger partial charge < -0.3 is 10.6 Å². The Morgan fingerprint density at radius 2 is 1.44 bits per heavy atom. The molecule has 0 unspecified atom stereocenters. The number of benzene rings is 1. The summed E-state index contributed by atoms with van der Waals surface area (Å²) in [5, 5.41) is 6.29.